The van der Waals surface area contributed by atoms with Crippen LogP contribution in [0.5, 0.6) is 0 Å². The predicted molar refractivity (Wildman–Crippen MR) is 95.9 cm³/mol. The number of carbonyl (C=O) groups excluding carboxylic acids is 2. The van der Waals surface area contributed by atoms with Gasteiger partial charge in [0.05, 0.1) is 5.75 Å². The molecule has 0 radical (unpaired) electrons. The number of hydrogen-bond donors (Lipinski definition) is 1. The molecule has 0 bridgehead atoms. The Morgan fingerprint density at radius 2 is 1.96 bits per heavy atom. The third-order valence-electron chi connectivity index (χ3n) is 3.33. The average molecular weight is 400 g/mol. The Balaban J connectivity index is 1.79. The second-order valence-corrected chi connectivity index (χ2v) is 6.73. The summed E-state index contributed by atoms with van der Waals surface area (Å²) in [4.78, 5) is 23.8. The highest BCUT2D eigenvalue weighted by atomic mass is 35.5. The van der Waals surface area contributed by atoms with Gasteiger partial charge in [-0.1, -0.05) is 29.8 Å². The Kier molecular flexibility index (Phi) is 7.41. The van der Waals surface area contributed by atoms with Crippen LogP contribution in [0, 0.1) is 11.6 Å². The van der Waals surface area contributed by atoms with E-state index in [0.29, 0.717) is 5.02 Å². The van der Waals surface area contributed by atoms with Gasteiger partial charge in [0.2, 0.25) is 0 Å². The zero-order valence-electron chi connectivity index (χ0n) is 13.8. The minimum atomic E-state index is -1.03. The molecule has 4 nitrogen and oxygen atoms in total. The molecule has 8 heteroatoms. The van der Waals surface area contributed by atoms with Crippen LogP contribution in [0.25, 0.3) is 0 Å². The summed E-state index contributed by atoms with van der Waals surface area (Å²) in [6, 6.07) is 10.00. The first-order valence-corrected chi connectivity index (χ1v) is 9.01. The maximum atomic E-state index is 13.5. The molecular weight excluding hydrogens is 384 g/mol. The molecule has 1 N–H and O–H groups in total. The van der Waals surface area contributed by atoms with Crippen LogP contribution >= 0.6 is 23.4 Å². The number of amides is 1. The van der Waals surface area contributed by atoms with Crippen LogP contribution in [0.3, 0.4) is 0 Å². The van der Waals surface area contributed by atoms with E-state index in [1.165, 1.54) is 6.92 Å². The van der Waals surface area contributed by atoms with Crippen LogP contribution in [-0.4, -0.2) is 23.7 Å². The number of carbonyl (C=O) groups is 2. The Morgan fingerprint density at radius 1 is 1.23 bits per heavy atom. The van der Waals surface area contributed by atoms with E-state index in [1.807, 2.05) is 0 Å². The molecule has 0 heterocycles. The van der Waals surface area contributed by atoms with Gasteiger partial charge in [0, 0.05) is 16.5 Å². The third kappa shape index (κ3) is 6.00. The van der Waals surface area contributed by atoms with Gasteiger partial charge in [-0.25, -0.2) is 8.78 Å². The molecule has 2 aromatic carbocycles. The molecule has 2 aromatic rings. The Labute approximate surface area is 158 Å². The second-order valence-electron chi connectivity index (χ2n) is 5.30. The highest BCUT2D eigenvalue weighted by Crippen LogP contribution is 2.22. The fraction of sp³-hybridized carbons (Fsp3) is 0.222. The molecule has 138 valence electrons. The predicted octanol–water partition coefficient (Wildman–Crippen LogP) is 3.96. The number of benzene rings is 2. The smallest absolute Gasteiger partial charge is 0.317 e. The standard InChI is InChI=1S/C18H16ClF2NO3S/c1-11(18(24)22-9-12-4-2-3-5-14(12)19)25-17(23)10-26-16-8-13(20)6-7-15(16)21/h2-8,11H,9-10H2,1H3,(H,22,24)/t11-/m1/s1. The van der Waals surface area contributed by atoms with Crippen molar-refractivity contribution in [2.45, 2.75) is 24.5 Å². The van der Waals surface area contributed by atoms with Crippen LogP contribution in [0.2, 0.25) is 5.02 Å². The van der Waals surface area contributed by atoms with E-state index < -0.39 is 29.6 Å². The fourth-order valence-corrected chi connectivity index (χ4v) is 2.92. The zero-order valence-corrected chi connectivity index (χ0v) is 15.4. The van der Waals surface area contributed by atoms with E-state index in [0.717, 1.165) is 35.5 Å². The molecule has 0 spiro atoms. The van der Waals surface area contributed by atoms with Gasteiger partial charge in [0.25, 0.3) is 5.91 Å². The lowest BCUT2D eigenvalue weighted by Gasteiger charge is -2.14. The van der Waals surface area contributed by atoms with Crippen molar-refractivity contribution in [3.8, 4) is 0 Å². The van der Waals surface area contributed by atoms with Gasteiger partial charge < -0.3 is 10.1 Å². The summed E-state index contributed by atoms with van der Waals surface area (Å²) in [7, 11) is 0. The topological polar surface area (TPSA) is 55.4 Å². The first kappa shape index (κ1) is 20.2. The number of halogens is 3. The first-order chi connectivity index (χ1) is 12.4. The number of nitrogens with one attached hydrogen (secondary N) is 1. The number of esters is 1. The summed E-state index contributed by atoms with van der Waals surface area (Å²) >= 11 is 6.79. The van der Waals surface area contributed by atoms with Crippen molar-refractivity contribution in [1.82, 2.24) is 5.32 Å². The van der Waals surface area contributed by atoms with Crippen molar-refractivity contribution in [3.05, 3.63) is 64.7 Å². The molecule has 0 aromatic heterocycles. The molecule has 0 saturated carbocycles. The lowest BCUT2D eigenvalue weighted by molar-refractivity contribution is -0.152. The van der Waals surface area contributed by atoms with Crippen molar-refractivity contribution in [2.75, 3.05) is 5.75 Å². The molecule has 0 saturated heterocycles. The van der Waals surface area contributed by atoms with Crippen LogP contribution in [0.15, 0.2) is 47.4 Å². The summed E-state index contributed by atoms with van der Waals surface area (Å²) in [5, 5.41) is 3.14. The van der Waals surface area contributed by atoms with Crippen molar-refractivity contribution in [1.29, 1.82) is 0 Å². The number of rotatable bonds is 7. The minimum absolute atomic E-state index is 0.00206. The molecule has 0 aliphatic rings. The van der Waals surface area contributed by atoms with Crippen LogP contribution in [-0.2, 0) is 20.9 Å². The van der Waals surface area contributed by atoms with Crippen molar-refractivity contribution >= 4 is 35.2 Å². The second kappa shape index (κ2) is 9.54. The van der Waals surface area contributed by atoms with Crippen LogP contribution in [0.1, 0.15) is 12.5 Å². The SMILES string of the molecule is C[C@@H](OC(=O)CSc1cc(F)ccc1F)C(=O)NCc1ccccc1Cl. The Morgan fingerprint density at radius 3 is 2.69 bits per heavy atom. The first-order valence-electron chi connectivity index (χ1n) is 7.65. The normalized spacial score (nSPS) is 11.7. The summed E-state index contributed by atoms with van der Waals surface area (Å²) in [5.74, 6) is -2.67. The molecule has 26 heavy (non-hydrogen) atoms. The molecule has 0 aliphatic carbocycles. The van der Waals surface area contributed by atoms with E-state index in [4.69, 9.17) is 16.3 Å². The van der Waals surface area contributed by atoms with Gasteiger partial charge in [-0.05, 0) is 36.8 Å². The molecule has 1 atom stereocenters. The molecule has 2 rings (SSSR count). The van der Waals surface area contributed by atoms with E-state index in [2.05, 4.69) is 5.32 Å². The quantitative estimate of drug-likeness (QED) is 0.565. The van der Waals surface area contributed by atoms with E-state index >= 15 is 0 Å². The highest BCUT2D eigenvalue weighted by molar-refractivity contribution is 8.00. The van der Waals surface area contributed by atoms with Crippen molar-refractivity contribution in [2.24, 2.45) is 0 Å². The molecule has 1 amide bonds. The van der Waals surface area contributed by atoms with E-state index in [9.17, 15) is 18.4 Å². The summed E-state index contributed by atoms with van der Waals surface area (Å²) in [6.45, 7) is 1.62. The zero-order chi connectivity index (χ0) is 19.1. The Bertz CT molecular complexity index is 804. The van der Waals surface area contributed by atoms with Gasteiger partial charge >= 0.3 is 5.97 Å². The van der Waals surface area contributed by atoms with Crippen molar-refractivity contribution < 1.29 is 23.1 Å². The lowest BCUT2D eigenvalue weighted by Crippen LogP contribution is -2.35. The van der Waals surface area contributed by atoms with Crippen LogP contribution in [0.4, 0.5) is 8.78 Å². The van der Waals surface area contributed by atoms with Gasteiger partial charge in [-0.15, -0.1) is 11.8 Å². The monoisotopic (exact) mass is 399 g/mol. The average Bonchev–Trinajstić information content (AvgIpc) is 2.61. The summed E-state index contributed by atoms with van der Waals surface area (Å²) in [5.41, 5.74) is 0.734. The van der Waals surface area contributed by atoms with Crippen molar-refractivity contribution in [3.63, 3.8) is 0 Å². The van der Waals surface area contributed by atoms with Gasteiger partial charge in [-0.3, -0.25) is 9.59 Å². The lowest BCUT2D eigenvalue weighted by atomic mass is 10.2. The summed E-state index contributed by atoms with van der Waals surface area (Å²) in [6.07, 6.45) is -1.03. The molecule has 0 aliphatic heterocycles. The number of hydrogen-bond acceptors (Lipinski definition) is 4. The largest absolute Gasteiger partial charge is 0.452 e. The van der Waals surface area contributed by atoms with E-state index in [-0.39, 0.29) is 17.2 Å². The maximum absolute atomic E-state index is 13.5. The molecule has 0 fully saturated rings. The van der Waals surface area contributed by atoms with E-state index in [1.54, 1.807) is 24.3 Å². The number of thioether (sulfide) groups is 1. The highest BCUT2D eigenvalue weighted by Gasteiger charge is 2.18. The summed E-state index contributed by atoms with van der Waals surface area (Å²) < 4.78 is 31.6. The molecular formula is C18H16ClF2NO3S. The van der Waals surface area contributed by atoms with Gasteiger partial charge in [-0.2, -0.15) is 0 Å². The Hall–Kier alpha value is -2.12. The van der Waals surface area contributed by atoms with Crippen LogP contribution < -0.4 is 5.32 Å². The minimum Gasteiger partial charge on any atom is -0.452 e. The third-order valence-corrected chi connectivity index (χ3v) is 4.70. The number of ether oxygens (including phenoxy) is 1. The molecule has 0 unspecified atom stereocenters. The fourth-order valence-electron chi connectivity index (χ4n) is 1.98. The van der Waals surface area contributed by atoms with Gasteiger partial charge in [0.1, 0.15) is 11.6 Å². The van der Waals surface area contributed by atoms with Gasteiger partial charge in [0.15, 0.2) is 6.10 Å². The maximum Gasteiger partial charge on any atom is 0.317 e.